The van der Waals surface area contributed by atoms with Gasteiger partial charge in [-0.2, -0.15) is 0 Å². The van der Waals surface area contributed by atoms with E-state index in [9.17, 15) is 0 Å². The highest BCUT2D eigenvalue weighted by Gasteiger charge is 2.07. The second kappa shape index (κ2) is 4.72. The zero-order valence-corrected chi connectivity index (χ0v) is 10.7. The van der Waals surface area contributed by atoms with Gasteiger partial charge in [-0.25, -0.2) is 0 Å². The predicted octanol–water partition coefficient (Wildman–Crippen LogP) is 2.53. The molecule has 3 heteroatoms. The van der Waals surface area contributed by atoms with Crippen LogP contribution in [0.2, 0.25) is 0 Å². The molecular weight excluding hydrogens is 210 g/mol. The van der Waals surface area contributed by atoms with Crippen LogP contribution in [0.5, 0.6) is 0 Å². The number of rotatable bonds is 3. The molecule has 0 bridgehead atoms. The van der Waals surface area contributed by atoms with Crippen molar-refractivity contribution in [2.45, 2.75) is 20.8 Å². The average Bonchev–Trinajstić information content (AvgIpc) is 2.31. The zero-order valence-electron chi connectivity index (χ0n) is 10.7. The Morgan fingerprint density at radius 3 is 2.71 bits per heavy atom. The molecule has 0 unspecified atom stereocenters. The minimum atomic E-state index is 0.633. The van der Waals surface area contributed by atoms with Crippen molar-refractivity contribution in [1.29, 1.82) is 0 Å². The Balaban J connectivity index is 2.64. The molecule has 2 rings (SSSR count). The molecule has 0 radical (unpaired) electrons. The van der Waals surface area contributed by atoms with Crippen LogP contribution >= 0.6 is 0 Å². The maximum absolute atomic E-state index is 5.53. The summed E-state index contributed by atoms with van der Waals surface area (Å²) in [7, 11) is 0. The number of nitrogens with one attached hydrogen (secondary N) is 1. The van der Waals surface area contributed by atoms with Gasteiger partial charge >= 0.3 is 0 Å². The summed E-state index contributed by atoms with van der Waals surface area (Å²) in [6, 6.07) is 6.35. The number of nitrogens with two attached hydrogens (primary N) is 1. The predicted molar refractivity (Wildman–Crippen MR) is 73.5 cm³/mol. The fourth-order valence-electron chi connectivity index (χ4n) is 2.01. The lowest BCUT2D eigenvalue weighted by Gasteiger charge is -2.12. The van der Waals surface area contributed by atoms with Gasteiger partial charge in [-0.05, 0) is 38.0 Å². The number of hydrogen-bond acceptors (Lipinski definition) is 3. The first kappa shape index (κ1) is 11.9. The lowest BCUT2D eigenvalue weighted by atomic mass is 10.0. The summed E-state index contributed by atoms with van der Waals surface area (Å²) in [4.78, 5) is 4.63. The smallest absolute Gasteiger partial charge is 0.0757 e. The summed E-state index contributed by atoms with van der Waals surface area (Å²) in [6.07, 6.45) is 0. The van der Waals surface area contributed by atoms with Crippen LogP contribution in [0.15, 0.2) is 18.2 Å². The molecule has 0 saturated carbocycles. The number of fused-ring (bicyclic) bond motifs is 1. The monoisotopic (exact) mass is 229 g/mol. The van der Waals surface area contributed by atoms with Crippen molar-refractivity contribution in [3.63, 3.8) is 0 Å². The van der Waals surface area contributed by atoms with E-state index >= 15 is 0 Å². The quantitative estimate of drug-likeness (QED) is 0.850. The number of hydrogen-bond donors (Lipinski definition) is 2. The number of nitrogens with zero attached hydrogens (tertiary/aromatic N) is 1. The molecule has 3 N–H and O–H groups in total. The highest BCUT2D eigenvalue weighted by molar-refractivity contribution is 5.93. The average molecular weight is 229 g/mol. The number of benzene rings is 1. The van der Waals surface area contributed by atoms with E-state index in [0.29, 0.717) is 6.54 Å². The first-order valence-electron chi connectivity index (χ1n) is 5.95. The SMILES string of the molecule is Cc1cc(NCCN)c2ccc(C)c(C)c2n1. The molecule has 1 aromatic heterocycles. The van der Waals surface area contributed by atoms with E-state index in [-0.39, 0.29) is 0 Å². The molecule has 0 atom stereocenters. The second-order valence-electron chi connectivity index (χ2n) is 4.43. The fraction of sp³-hybridized carbons (Fsp3) is 0.357. The van der Waals surface area contributed by atoms with Gasteiger partial charge < -0.3 is 11.1 Å². The van der Waals surface area contributed by atoms with E-state index < -0.39 is 0 Å². The molecular formula is C14H19N3. The van der Waals surface area contributed by atoms with E-state index in [4.69, 9.17) is 5.73 Å². The Morgan fingerprint density at radius 1 is 1.24 bits per heavy atom. The maximum atomic E-state index is 5.53. The molecule has 0 fully saturated rings. The van der Waals surface area contributed by atoms with Gasteiger partial charge in [-0.3, -0.25) is 4.98 Å². The fourth-order valence-corrected chi connectivity index (χ4v) is 2.01. The molecule has 0 aliphatic heterocycles. The molecule has 17 heavy (non-hydrogen) atoms. The summed E-state index contributed by atoms with van der Waals surface area (Å²) in [5.74, 6) is 0. The first-order chi connectivity index (χ1) is 8.13. The van der Waals surface area contributed by atoms with Gasteiger partial charge in [0.2, 0.25) is 0 Å². The van der Waals surface area contributed by atoms with E-state index in [1.807, 2.05) is 6.92 Å². The second-order valence-corrected chi connectivity index (χ2v) is 4.43. The third-order valence-electron chi connectivity index (χ3n) is 3.09. The summed E-state index contributed by atoms with van der Waals surface area (Å²) < 4.78 is 0. The summed E-state index contributed by atoms with van der Waals surface area (Å²) in [5, 5.41) is 4.53. The van der Waals surface area contributed by atoms with Gasteiger partial charge in [0.05, 0.1) is 5.52 Å². The minimum Gasteiger partial charge on any atom is -0.383 e. The van der Waals surface area contributed by atoms with Crippen molar-refractivity contribution in [2.75, 3.05) is 18.4 Å². The van der Waals surface area contributed by atoms with Crippen molar-refractivity contribution < 1.29 is 0 Å². The van der Waals surface area contributed by atoms with Crippen LogP contribution in [0.1, 0.15) is 16.8 Å². The molecule has 90 valence electrons. The molecule has 1 heterocycles. The largest absolute Gasteiger partial charge is 0.383 e. The van der Waals surface area contributed by atoms with Crippen molar-refractivity contribution in [3.05, 3.63) is 35.0 Å². The van der Waals surface area contributed by atoms with E-state index in [2.05, 4.69) is 42.3 Å². The van der Waals surface area contributed by atoms with Crippen LogP contribution in [0, 0.1) is 20.8 Å². The molecule has 2 aromatic rings. The first-order valence-corrected chi connectivity index (χ1v) is 5.95. The number of anilines is 1. The van der Waals surface area contributed by atoms with Crippen molar-refractivity contribution >= 4 is 16.6 Å². The Bertz CT molecular complexity index is 547. The highest BCUT2D eigenvalue weighted by atomic mass is 14.9. The maximum Gasteiger partial charge on any atom is 0.0757 e. The van der Waals surface area contributed by atoms with Gasteiger partial charge in [-0.1, -0.05) is 12.1 Å². The molecule has 0 aliphatic rings. The van der Waals surface area contributed by atoms with E-state index in [0.717, 1.165) is 23.4 Å². The Morgan fingerprint density at radius 2 is 2.00 bits per heavy atom. The van der Waals surface area contributed by atoms with E-state index in [1.54, 1.807) is 0 Å². The Kier molecular flexibility index (Phi) is 3.29. The summed E-state index contributed by atoms with van der Waals surface area (Å²) >= 11 is 0. The van der Waals surface area contributed by atoms with E-state index in [1.165, 1.54) is 16.5 Å². The van der Waals surface area contributed by atoms with Crippen molar-refractivity contribution in [2.24, 2.45) is 5.73 Å². The minimum absolute atomic E-state index is 0.633. The van der Waals surface area contributed by atoms with Crippen LogP contribution < -0.4 is 11.1 Å². The van der Waals surface area contributed by atoms with Crippen molar-refractivity contribution in [3.8, 4) is 0 Å². The topological polar surface area (TPSA) is 50.9 Å². The molecule has 0 amide bonds. The molecule has 0 spiro atoms. The Hall–Kier alpha value is -1.61. The molecule has 0 aliphatic carbocycles. The lowest BCUT2D eigenvalue weighted by molar-refractivity contribution is 1.02. The van der Waals surface area contributed by atoms with Crippen LogP contribution in [-0.4, -0.2) is 18.1 Å². The van der Waals surface area contributed by atoms with Crippen molar-refractivity contribution in [1.82, 2.24) is 4.98 Å². The number of aryl methyl sites for hydroxylation is 3. The lowest BCUT2D eigenvalue weighted by Crippen LogP contribution is -2.13. The van der Waals surface area contributed by atoms with Gasteiger partial charge in [0.1, 0.15) is 0 Å². The Labute approximate surface area is 102 Å². The van der Waals surface area contributed by atoms with Gasteiger partial charge in [0.15, 0.2) is 0 Å². The normalized spacial score (nSPS) is 10.8. The summed E-state index contributed by atoms with van der Waals surface area (Å²) in [6.45, 7) is 7.68. The standard InChI is InChI=1S/C14H19N3/c1-9-4-5-12-13(16-7-6-15)8-10(2)17-14(12)11(9)3/h4-5,8H,6-7,15H2,1-3H3,(H,16,17). The van der Waals surface area contributed by atoms with Crippen LogP contribution in [0.3, 0.4) is 0 Å². The molecule has 3 nitrogen and oxygen atoms in total. The molecule has 0 saturated heterocycles. The summed E-state index contributed by atoms with van der Waals surface area (Å²) in [5.41, 5.74) is 11.3. The van der Waals surface area contributed by atoms with Gasteiger partial charge in [0.25, 0.3) is 0 Å². The number of aromatic nitrogens is 1. The third-order valence-corrected chi connectivity index (χ3v) is 3.09. The zero-order chi connectivity index (χ0) is 12.4. The van der Waals surface area contributed by atoms with Crippen LogP contribution in [-0.2, 0) is 0 Å². The van der Waals surface area contributed by atoms with Crippen LogP contribution in [0.25, 0.3) is 10.9 Å². The molecule has 1 aromatic carbocycles. The van der Waals surface area contributed by atoms with Crippen LogP contribution in [0.4, 0.5) is 5.69 Å². The van der Waals surface area contributed by atoms with Gasteiger partial charge in [-0.15, -0.1) is 0 Å². The number of pyridine rings is 1. The highest BCUT2D eigenvalue weighted by Crippen LogP contribution is 2.27. The third kappa shape index (κ3) is 2.24. The van der Waals surface area contributed by atoms with Gasteiger partial charge in [0, 0.05) is 29.9 Å².